The number of thiocarbonyl (C=S) groups is 1. The van der Waals surface area contributed by atoms with Crippen LogP contribution in [-0.2, 0) is 0 Å². The van der Waals surface area contributed by atoms with Crippen LogP contribution in [0.3, 0.4) is 0 Å². The van der Waals surface area contributed by atoms with E-state index in [2.05, 4.69) is 22.7 Å². The summed E-state index contributed by atoms with van der Waals surface area (Å²) in [6.07, 6.45) is 1.63. The molecule has 0 saturated carbocycles. The third-order valence-electron chi connectivity index (χ3n) is 2.25. The van der Waals surface area contributed by atoms with Crippen LogP contribution in [0.1, 0.15) is 5.56 Å². The van der Waals surface area contributed by atoms with Gasteiger partial charge in [0.1, 0.15) is 11.5 Å². The second kappa shape index (κ2) is 6.51. The van der Waals surface area contributed by atoms with Gasteiger partial charge in [-0.1, -0.05) is 18.2 Å². The summed E-state index contributed by atoms with van der Waals surface area (Å²) in [7, 11) is 0. The minimum absolute atomic E-state index is 0.139. The van der Waals surface area contributed by atoms with Gasteiger partial charge in [0.05, 0.1) is 6.21 Å². The molecule has 3 N–H and O–H groups in total. The summed E-state index contributed by atoms with van der Waals surface area (Å²) in [6.45, 7) is 0. The van der Waals surface area contributed by atoms with Crippen molar-refractivity contribution in [3.05, 3.63) is 60.2 Å². The molecule has 4 nitrogen and oxygen atoms in total. The first kappa shape index (κ1) is 13.0. The molecule has 2 aromatic carbocycles. The highest BCUT2D eigenvalue weighted by atomic mass is 32.1. The van der Waals surface area contributed by atoms with E-state index in [1.54, 1.807) is 6.21 Å². The van der Waals surface area contributed by atoms with Crippen LogP contribution in [0.25, 0.3) is 0 Å². The zero-order valence-corrected chi connectivity index (χ0v) is 10.9. The standard InChI is InChI=1S/C14H13N3OS/c15-14(19)17-16-10-11-6-8-13(9-7-11)18-12-4-2-1-3-5-12/h1-10H,(H3,15,17,19)/b16-10+. The Morgan fingerprint density at radius 1 is 1.05 bits per heavy atom. The molecule has 0 spiro atoms. The van der Waals surface area contributed by atoms with Gasteiger partial charge in [0.15, 0.2) is 5.11 Å². The molecule has 0 aliphatic carbocycles. The first-order valence-electron chi connectivity index (χ1n) is 5.65. The van der Waals surface area contributed by atoms with Crippen LogP contribution in [0.15, 0.2) is 59.7 Å². The molecule has 0 aliphatic rings. The monoisotopic (exact) mass is 271 g/mol. The Kier molecular flexibility index (Phi) is 4.47. The number of nitrogens with zero attached hydrogens (tertiary/aromatic N) is 1. The normalized spacial score (nSPS) is 10.3. The number of ether oxygens (including phenoxy) is 1. The number of nitrogens with one attached hydrogen (secondary N) is 1. The van der Waals surface area contributed by atoms with Crippen LogP contribution in [0.4, 0.5) is 0 Å². The number of nitrogens with two attached hydrogens (primary N) is 1. The van der Waals surface area contributed by atoms with Crippen molar-refractivity contribution >= 4 is 23.5 Å². The lowest BCUT2D eigenvalue weighted by molar-refractivity contribution is 0.482. The molecule has 19 heavy (non-hydrogen) atoms. The van der Waals surface area contributed by atoms with E-state index in [0.717, 1.165) is 17.1 Å². The Hall–Kier alpha value is -2.40. The van der Waals surface area contributed by atoms with Gasteiger partial charge in [0.2, 0.25) is 0 Å². The molecule has 0 saturated heterocycles. The summed E-state index contributed by atoms with van der Waals surface area (Å²) in [5.74, 6) is 1.57. The molecule has 0 aliphatic heterocycles. The van der Waals surface area contributed by atoms with Crippen molar-refractivity contribution in [3.63, 3.8) is 0 Å². The number of rotatable bonds is 4. The SMILES string of the molecule is NC(=S)N/N=C/c1ccc(Oc2ccccc2)cc1. The zero-order chi connectivity index (χ0) is 13.5. The van der Waals surface area contributed by atoms with E-state index in [4.69, 9.17) is 10.5 Å². The van der Waals surface area contributed by atoms with Gasteiger partial charge in [0, 0.05) is 0 Å². The van der Waals surface area contributed by atoms with Crippen LogP contribution in [-0.4, -0.2) is 11.3 Å². The maximum absolute atomic E-state index is 5.68. The fourth-order valence-corrected chi connectivity index (χ4v) is 1.47. The topological polar surface area (TPSA) is 59.6 Å². The summed E-state index contributed by atoms with van der Waals surface area (Å²) in [5, 5.41) is 4.01. The molecule has 5 heteroatoms. The van der Waals surface area contributed by atoms with E-state index < -0.39 is 0 Å². The van der Waals surface area contributed by atoms with Crippen molar-refractivity contribution in [2.24, 2.45) is 10.8 Å². The number of hydrazone groups is 1. The molecule has 0 fully saturated rings. The summed E-state index contributed by atoms with van der Waals surface area (Å²) in [5.41, 5.74) is 8.67. The van der Waals surface area contributed by atoms with Gasteiger partial charge in [0.25, 0.3) is 0 Å². The summed E-state index contributed by atoms with van der Waals surface area (Å²) < 4.78 is 5.68. The van der Waals surface area contributed by atoms with Crippen LogP contribution < -0.4 is 15.9 Å². The Bertz CT molecular complexity index is 567. The highest BCUT2D eigenvalue weighted by molar-refractivity contribution is 7.80. The lowest BCUT2D eigenvalue weighted by Gasteiger charge is -2.05. The molecule has 0 aromatic heterocycles. The lowest BCUT2D eigenvalue weighted by Crippen LogP contribution is -2.23. The van der Waals surface area contributed by atoms with Gasteiger partial charge in [-0.05, 0) is 54.2 Å². The van der Waals surface area contributed by atoms with Crippen molar-refractivity contribution in [2.75, 3.05) is 0 Å². The first-order chi connectivity index (χ1) is 9.24. The predicted octanol–water partition coefficient (Wildman–Crippen LogP) is 2.65. The van der Waals surface area contributed by atoms with E-state index in [0.29, 0.717) is 0 Å². The van der Waals surface area contributed by atoms with Crippen molar-refractivity contribution in [1.29, 1.82) is 0 Å². The highest BCUT2D eigenvalue weighted by Gasteiger charge is 1.96. The molecule has 96 valence electrons. The van der Waals surface area contributed by atoms with Gasteiger partial charge in [-0.2, -0.15) is 5.10 Å². The van der Waals surface area contributed by atoms with Gasteiger partial charge in [-0.3, -0.25) is 5.43 Å². The van der Waals surface area contributed by atoms with Crippen molar-refractivity contribution < 1.29 is 4.74 Å². The van der Waals surface area contributed by atoms with E-state index in [-0.39, 0.29) is 5.11 Å². The largest absolute Gasteiger partial charge is 0.457 e. The van der Waals surface area contributed by atoms with E-state index in [9.17, 15) is 0 Å². The van der Waals surface area contributed by atoms with Gasteiger partial charge in [-0.25, -0.2) is 0 Å². The second-order valence-corrected chi connectivity index (χ2v) is 4.16. The maximum atomic E-state index is 5.68. The fourth-order valence-electron chi connectivity index (χ4n) is 1.42. The highest BCUT2D eigenvalue weighted by Crippen LogP contribution is 2.20. The van der Waals surface area contributed by atoms with Gasteiger partial charge < -0.3 is 10.5 Å². The van der Waals surface area contributed by atoms with E-state index in [1.807, 2.05) is 54.6 Å². The second-order valence-electron chi connectivity index (χ2n) is 3.72. The third-order valence-corrected chi connectivity index (χ3v) is 2.34. The summed E-state index contributed by atoms with van der Waals surface area (Å²) in [6, 6.07) is 17.1. The Morgan fingerprint density at radius 3 is 2.32 bits per heavy atom. The van der Waals surface area contributed by atoms with Crippen LogP contribution in [0, 0.1) is 0 Å². The maximum Gasteiger partial charge on any atom is 0.184 e. The Labute approximate surface area is 116 Å². The molecular weight excluding hydrogens is 258 g/mol. The van der Waals surface area contributed by atoms with Crippen molar-refractivity contribution in [2.45, 2.75) is 0 Å². The minimum atomic E-state index is 0.139. The summed E-state index contributed by atoms with van der Waals surface area (Å²) >= 11 is 4.64. The molecular formula is C14H13N3OS. The third kappa shape index (κ3) is 4.40. The fraction of sp³-hybridized carbons (Fsp3) is 0. The number of para-hydroxylation sites is 1. The molecule has 0 atom stereocenters. The number of benzene rings is 2. The van der Waals surface area contributed by atoms with Crippen LogP contribution in [0.2, 0.25) is 0 Å². The Morgan fingerprint density at radius 2 is 1.68 bits per heavy atom. The Balaban J connectivity index is 1.98. The first-order valence-corrected chi connectivity index (χ1v) is 6.06. The molecule has 2 rings (SSSR count). The van der Waals surface area contributed by atoms with Gasteiger partial charge >= 0.3 is 0 Å². The van der Waals surface area contributed by atoms with Crippen LogP contribution >= 0.6 is 12.2 Å². The summed E-state index contributed by atoms with van der Waals surface area (Å²) in [4.78, 5) is 0. The van der Waals surface area contributed by atoms with Gasteiger partial charge in [-0.15, -0.1) is 0 Å². The number of hydrogen-bond acceptors (Lipinski definition) is 3. The van der Waals surface area contributed by atoms with E-state index >= 15 is 0 Å². The molecule has 0 amide bonds. The molecule has 0 radical (unpaired) electrons. The predicted molar refractivity (Wildman–Crippen MR) is 80.5 cm³/mol. The van der Waals surface area contributed by atoms with Crippen molar-refractivity contribution in [1.82, 2.24) is 5.43 Å². The molecule has 0 unspecified atom stereocenters. The quantitative estimate of drug-likeness (QED) is 0.510. The number of hydrogen-bond donors (Lipinski definition) is 2. The lowest BCUT2D eigenvalue weighted by atomic mass is 10.2. The van der Waals surface area contributed by atoms with E-state index in [1.165, 1.54) is 0 Å². The van der Waals surface area contributed by atoms with Crippen molar-refractivity contribution in [3.8, 4) is 11.5 Å². The smallest absolute Gasteiger partial charge is 0.184 e. The molecule has 0 heterocycles. The average Bonchev–Trinajstić information content (AvgIpc) is 2.42. The van der Waals surface area contributed by atoms with Crippen LogP contribution in [0.5, 0.6) is 11.5 Å². The molecule has 2 aromatic rings. The molecule has 0 bridgehead atoms. The zero-order valence-electron chi connectivity index (χ0n) is 10.1. The average molecular weight is 271 g/mol. The minimum Gasteiger partial charge on any atom is -0.457 e.